The van der Waals surface area contributed by atoms with Gasteiger partial charge in [-0.2, -0.15) is 4.98 Å². The topological polar surface area (TPSA) is 112 Å². The Balaban J connectivity index is 1.69. The molecule has 1 aliphatic carbocycles. The van der Waals surface area contributed by atoms with Crippen LogP contribution in [0.2, 0.25) is 0 Å². The summed E-state index contributed by atoms with van der Waals surface area (Å²) in [6.07, 6.45) is 5.80. The van der Waals surface area contributed by atoms with Gasteiger partial charge in [0, 0.05) is 24.0 Å². The molecule has 26 heavy (non-hydrogen) atoms. The predicted octanol–water partition coefficient (Wildman–Crippen LogP) is 3.23. The second kappa shape index (κ2) is 6.80. The smallest absolute Gasteiger partial charge is 0.225 e. The highest BCUT2D eigenvalue weighted by molar-refractivity contribution is 5.96. The van der Waals surface area contributed by atoms with Crippen molar-refractivity contribution in [2.45, 2.75) is 37.8 Å². The summed E-state index contributed by atoms with van der Waals surface area (Å²) < 4.78 is 13.5. The third-order valence-electron chi connectivity index (χ3n) is 4.74. The van der Waals surface area contributed by atoms with Gasteiger partial charge in [0.1, 0.15) is 17.0 Å². The van der Waals surface area contributed by atoms with Crippen LogP contribution < -0.4 is 16.4 Å². The molecular formula is C18H21FN6O. The average Bonchev–Trinajstić information content (AvgIpc) is 2.98. The van der Waals surface area contributed by atoms with Crippen molar-refractivity contribution in [3.8, 4) is 5.88 Å². The van der Waals surface area contributed by atoms with E-state index in [-0.39, 0.29) is 23.8 Å². The maximum Gasteiger partial charge on any atom is 0.225 e. The Morgan fingerprint density at radius 2 is 2.08 bits per heavy atom. The van der Waals surface area contributed by atoms with Gasteiger partial charge < -0.3 is 26.5 Å². The standard InChI is InChI=1S/C18H21FN6O/c19-10-4-3-5-11(8-10)22-16-15-14(9-21-17(15)26)24-18(25-16)23-13-7-2-1-6-12(13)20/h3-5,8-9,12-13,21,26H,1-2,6-7,20H2,(H2,22,23,24,25)/t12-,13+/m0/s1. The lowest BCUT2D eigenvalue weighted by molar-refractivity contribution is 0.402. The summed E-state index contributed by atoms with van der Waals surface area (Å²) >= 11 is 0. The van der Waals surface area contributed by atoms with Crippen LogP contribution in [0.25, 0.3) is 10.9 Å². The molecule has 3 aromatic rings. The lowest BCUT2D eigenvalue weighted by Gasteiger charge is -2.29. The van der Waals surface area contributed by atoms with Crippen molar-refractivity contribution < 1.29 is 9.50 Å². The number of hydrogen-bond donors (Lipinski definition) is 5. The van der Waals surface area contributed by atoms with Crippen molar-refractivity contribution in [2.24, 2.45) is 5.73 Å². The highest BCUT2D eigenvalue weighted by atomic mass is 19.1. The molecule has 136 valence electrons. The van der Waals surface area contributed by atoms with Crippen molar-refractivity contribution in [1.29, 1.82) is 0 Å². The van der Waals surface area contributed by atoms with Gasteiger partial charge in [-0.25, -0.2) is 9.37 Å². The number of halogens is 1. The van der Waals surface area contributed by atoms with Crippen LogP contribution in [0.4, 0.5) is 21.8 Å². The molecule has 8 heteroatoms. The maximum atomic E-state index is 13.5. The van der Waals surface area contributed by atoms with Crippen LogP contribution >= 0.6 is 0 Å². The highest BCUT2D eigenvalue weighted by Gasteiger charge is 2.23. The minimum Gasteiger partial charge on any atom is -0.494 e. The van der Waals surface area contributed by atoms with Crippen molar-refractivity contribution in [2.75, 3.05) is 10.6 Å². The average molecular weight is 356 g/mol. The Hall–Kier alpha value is -2.87. The number of hydrogen-bond acceptors (Lipinski definition) is 6. The van der Waals surface area contributed by atoms with Gasteiger partial charge in [-0.15, -0.1) is 0 Å². The lowest BCUT2D eigenvalue weighted by atomic mass is 9.91. The van der Waals surface area contributed by atoms with Gasteiger partial charge in [-0.05, 0) is 31.0 Å². The number of nitrogens with one attached hydrogen (secondary N) is 3. The van der Waals surface area contributed by atoms with E-state index in [0.29, 0.717) is 28.4 Å². The van der Waals surface area contributed by atoms with Crippen LogP contribution in [0, 0.1) is 5.82 Å². The quantitative estimate of drug-likeness (QED) is 0.491. The van der Waals surface area contributed by atoms with Crippen LogP contribution in [0.3, 0.4) is 0 Å². The zero-order valence-electron chi connectivity index (χ0n) is 14.2. The van der Waals surface area contributed by atoms with Crippen molar-refractivity contribution in [3.63, 3.8) is 0 Å². The van der Waals surface area contributed by atoms with E-state index >= 15 is 0 Å². The van der Waals surface area contributed by atoms with Crippen molar-refractivity contribution in [3.05, 3.63) is 36.3 Å². The molecule has 0 aliphatic heterocycles. The first-order chi connectivity index (χ1) is 12.6. The molecule has 1 aliphatic rings. The number of fused-ring (bicyclic) bond motifs is 1. The molecule has 2 atom stereocenters. The number of benzene rings is 1. The largest absolute Gasteiger partial charge is 0.494 e. The number of rotatable bonds is 4. The number of H-pyrrole nitrogens is 1. The van der Waals surface area contributed by atoms with E-state index in [2.05, 4.69) is 25.6 Å². The fraction of sp³-hybridized carbons (Fsp3) is 0.333. The highest BCUT2D eigenvalue weighted by Crippen LogP contribution is 2.32. The van der Waals surface area contributed by atoms with Gasteiger partial charge in [-0.1, -0.05) is 18.9 Å². The molecule has 0 radical (unpaired) electrons. The Bertz CT molecular complexity index is 927. The molecule has 0 spiro atoms. The first kappa shape index (κ1) is 16.6. The number of anilines is 3. The molecule has 1 saturated carbocycles. The molecule has 2 aromatic heterocycles. The van der Waals surface area contributed by atoms with Crippen LogP contribution in [0.1, 0.15) is 25.7 Å². The molecule has 0 unspecified atom stereocenters. The van der Waals surface area contributed by atoms with E-state index in [4.69, 9.17) is 5.73 Å². The number of nitrogens with two attached hydrogens (primary N) is 1. The Morgan fingerprint density at radius 3 is 2.88 bits per heavy atom. The summed E-state index contributed by atoms with van der Waals surface area (Å²) in [4.78, 5) is 11.7. The molecule has 4 rings (SSSR count). The number of aromatic nitrogens is 3. The zero-order valence-corrected chi connectivity index (χ0v) is 14.2. The van der Waals surface area contributed by atoms with Gasteiger partial charge in [0.2, 0.25) is 11.8 Å². The van der Waals surface area contributed by atoms with Crippen molar-refractivity contribution >= 4 is 28.4 Å². The van der Waals surface area contributed by atoms with Crippen LogP contribution in [0.5, 0.6) is 5.88 Å². The third-order valence-corrected chi connectivity index (χ3v) is 4.74. The van der Waals surface area contributed by atoms with E-state index in [1.807, 2.05) is 0 Å². The minimum absolute atomic E-state index is 0.0418. The van der Waals surface area contributed by atoms with Crippen LogP contribution in [-0.2, 0) is 0 Å². The van der Waals surface area contributed by atoms with Crippen LogP contribution in [-0.4, -0.2) is 32.1 Å². The molecular weight excluding hydrogens is 335 g/mol. The maximum absolute atomic E-state index is 13.5. The monoisotopic (exact) mass is 356 g/mol. The third kappa shape index (κ3) is 3.28. The number of aromatic hydroxyl groups is 1. The number of nitrogens with zero attached hydrogens (tertiary/aromatic N) is 2. The second-order valence-corrected chi connectivity index (χ2v) is 6.63. The van der Waals surface area contributed by atoms with E-state index < -0.39 is 0 Å². The number of aromatic amines is 1. The summed E-state index contributed by atoms with van der Waals surface area (Å²) in [6, 6.07) is 6.23. The van der Waals surface area contributed by atoms with Gasteiger partial charge in [-0.3, -0.25) is 0 Å². The summed E-state index contributed by atoms with van der Waals surface area (Å²) in [6.45, 7) is 0. The van der Waals surface area contributed by atoms with Gasteiger partial charge in [0.15, 0.2) is 0 Å². The Kier molecular flexibility index (Phi) is 4.34. The summed E-state index contributed by atoms with van der Waals surface area (Å²) in [5, 5.41) is 16.9. The van der Waals surface area contributed by atoms with Crippen molar-refractivity contribution in [1.82, 2.24) is 15.0 Å². The van der Waals surface area contributed by atoms with E-state index in [9.17, 15) is 9.50 Å². The first-order valence-electron chi connectivity index (χ1n) is 8.73. The van der Waals surface area contributed by atoms with E-state index in [1.165, 1.54) is 12.1 Å². The van der Waals surface area contributed by atoms with E-state index in [0.717, 1.165) is 25.7 Å². The Morgan fingerprint density at radius 1 is 1.23 bits per heavy atom. The zero-order chi connectivity index (χ0) is 18.1. The SMILES string of the molecule is N[C@H]1CCCC[C@H]1Nc1nc(Nc2cccc(F)c2)c2c(O)[nH]cc2n1. The molecule has 7 nitrogen and oxygen atoms in total. The summed E-state index contributed by atoms with van der Waals surface area (Å²) in [7, 11) is 0. The van der Waals surface area contributed by atoms with Gasteiger partial charge >= 0.3 is 0 Å². The van der Waals surface area contributed by atoms with Gasteiger partial charge in [0.25, 0.3) is 0 Å². The molecule has 2 heterocycles. The predicted molar refractivity (Wildman–Crippen MR) is 99.1 cm³/mol. The summed E-state index contributed by atoms with van der Waals surface area (Å²) in [5.74, 6) is 0.425. The molecule has 0 bridgehead atoms. The fourth-order valence-corrected chi connectivity index (χ4v) is 3.39. The van der Waals surface area contributed by atoms with Gasteiger partial charge in [0.05, 0.1) is 5.52 Å². The first-order valence-corrected chi connectivity index (χ1v) is 8.73. The molecule has 0 saturated heterocycles. The molecule has 0 amide bonds. The molecule has 1 fully saturated rings. The van der Waals surface area contributed by atoms with Crippen LogP contribution in [0.15, 0.2) is 30.5 Å². The Labute approximate surface area is 149 Å². The lowest BCUT2D eigenvalue weighted by Crippen LogP contribution is -2.42. The summed E-state index contributed by atoms with van der Waals surface area (Å²) in [5.41, 5.74) is 7.29. The second-order valence-electron chi connectivity index (χ2n) is 6.63. The van der Waals surface area contributed by atoms with E-state index in [1.54, 1.807) is 18.3 Å². The normalized spacial score (nSPS) is 20.2. The fourth-order valence-electron chi connectivity index (χ4n) is 3.39. The molecule has 1 aromatic carbocycles. The minimum atomic E-state index is -0.356. The molecule has 6 N–H and O–H groups in total.